The molecule has 1 heterocycles. The second kappa shape index (κ2) is 7.30. The molecule has 0 radical (unpaired) electrons. The Bertz CT molecular complexity index is 1040. The van der Waals surface area contributed by atoms with Crippen LogP contribution in [0.15, 0.2) is 71.9 Å². The third kappa shape index (κ3) is 3.22. The largest absolute Gasteiger partial charge is 0.302 e. The molecule has 0 amide bonds. The highest BCUT2D eigenvalue weighted by Crippen LogP contribution is 2.29. The van der Waals surface area contributed by atoms with E-state index in [-0.39, 0.29) is 5.82 Å². The van der Waals surface area contributed by atoms with Crippen molar-refractivity contribution in [2.45, 2.75) is 24.4 Å². The number of aromatic nitrogens is 3. The molecule has 5 heteroatoms. The number of fused-ring (bicyclic) bond motifs is 1. The molecule has 1 aromatic heterocycles. The van der Waals surface area contributed by atoms with E-state index in [0.29, 0.717) is 0 Å². The molecule has 4 aromatic rings. The molecule has 0 aliphatic carbocycles. The lowest BCUT2D eigenvalue weighted by Crippen LogP contribution is -2.00. The summed E-state index contributed by atoms with van der Waals surface area (Å²) in [5.74, 6) is 1.35. The second-order valence-electron chi connectivity index (χ2n) is 5.98. The first-order valence-corrected chi connectivity index (χ1v) is 9.53. The molecule has 4 rings (SSSR count). The summed E-state index contributed by atoms with van der Waals surface area (Å²) >= 11 is 1.67. The minimum atomic E-state index is -0.248. The van der Waals surface area contributed by atoms with Gasteiger partial charge in [0.1, 0.15) is 5.82 Å². The van der Waals surface area contributed by atoms with Crippen molar-refractivity contribution in [1.29, 1.82) is 0 Å². The van der Waals surface area contributed by atoms with E-state index >= 15 is 0 Å². The highest BCUT2D eigenvalue weighted by molar-refractivity contribution is 7.98. The van der Waals surface area contributed by atoms with E-state index in [9.17, 15) is 4.39 Å². The van der Waals surface area contributed by atoms with Gasteiger partial charge in [-0.3, -0.25) is 0 Å². The Labute approximate surface area is 155 Å². The van der Waals surface area contributed by atoms with Gasteiger partial charge >= 0.3 is 0 Å². The minimum absolute atomic E-state index is 0.248. The molecule has 0 N–H and O–H groups in total. The lowest BCUT2D eigenvalue weighted by molar-refractivity contribution is 0.627. The number of thioether (sulfide) groups is 1. The molecule has 0 fully saturated rings. The predicted molar refractivity (Wildman–Crippen MR) is 105 cm³/mol. The Morgan fingerprint density at radius 2 is 1.69 bits per heavy atom. The van der Waals surface area contributed by atoms with Crippen molar-refractivity contribution in [2.75, 3.05) is 0 Å². The highest BCUT2D eigenvalue weighted by atomic mass is 32.2. The summed E-state index contributed by atoms with van der Waals surface area (Å²) in [6.45, 7) is 2.83. The van der Waals surface area contributed by atoms with Crippen molar-refractivity contribution in [1.82, 2.24) is 14.8 Å². The normalized spacial score (nSPS) is 11.2. The summed E-state index contributed by atoms with van der Waals surface area (Å²) in [7, 11) is 0. The molecule has 130 valence electrons. The second-order valence-corrected chi connectivity index (χ2v) is 6.93. The molecule has 0 atom stereocenters. The number of nitrogens with zero attached hydrogens (tertiary/aromatic N) is 3. The fourth-order valence-corrected chi connectivity index (χ4v) is 4.06. The summed E-state index contributed by atoms with van der Waals surface area (Å²) in [4.78, 5) is 0. The van der Waals surface area contributed by atoms with Crippen LogP contribution in [0.3, 0.4) is 0 Å². The average molecular weight is 363 g/mol. The van der Waals surface area contributed by atoms with Crippen molar-refractivity contribution < 1.29 is 4.39 Å². The van der Waals surface area contributed by atoms with E-state index in [1.807, 2.05) is 0 Å². The maximum Gasteiger partial charge on any atom is 0.191 e. The van der Waals surface area contributed by atoms with Gasteiger partial charge in [0.2, 0.25) is 0 Å². The van der Waals surface area contributed by atoms with Crippen LogP contribution >= 0.6 is 11.8 Å². The fraction of sp³-hybridized carbons (Fsp3) is 0.143. The van der Waals surface area contributed by atoms with E-state index in [1.165, 1.54) is 28.5 Å². The first kappa shape index (κ1) is 16.8. The number of benzene rings is 3. The smallest absolute Gasteiger partial charge is 0.191 e. The topological polar surface area (TPSA) is 30.7 Å². The van der Waals surface area contributed by atoms with E-state index in [1.54, 1.807) is 23.9 Å². The zero-order valence-electron chi connectivity index (χ0n) is 14.4. The highest BCUT2D eigenvalue weighted by Gasteiger charge is 2.13. The molecule has 26 heavy (non-hydrogen) atoms. The van der Waals surface area contributed by atoms with Gasteiger partial charge < -0.3 is 4.57 Å². The first-order valence-electron chi connectivity index (χ1n) is 8.55. The average Bonchev–Trinajstić information content (AvgIpc) is 3.09. The van der Waals surface area contributed by atoms with Crippen LogP contribution in [0, 0.1) is 5.82 Å². The van der Waals surface area contributed by atoms with Gasteiger partial charge in [0.15, 0.2) is 11.0 Å². The Hall–Kier alpha value is -2.66. The van der Waals surface area contributed by atoms with Gasteiger partial charge in [-0.05, 0) is 47.5 Å². The Morgan fingerprint density at radius 3 is 2.50 bits per heavy atom. The lowest BCUT2D eigenvalue weighted by Gasteiger charge is -2.09. The van der Waals surface area contributed by atoms with Crippen molar-refractivity contribution >= 4 is 22.5 Å². The molecule has 3 nitrogen and oxygen atoms in total. The van der Waals surface area contributed by atoms with Crippen LogP contribution in [0.5, 0.6) is 0 Å². The number of hydrogen-bond acceptors (Lipinski definition) is 3. The predicted octanol–water partition coefficient (Wildman–Crippen LogP) is 5.55. The van der Waals surface area contributed by atoms with E-state index in [4.69, 9.17) is 0 Å². The van der Waals surface area contributed by atoms with E-state index in [0.717, 1.165) is 28.8 Å². The van der Waals surface area contributed by atoms with Crippen molar-refractivity contribution in [3.05, 3.63) is 78.1 Å². The van der Waals surface area contributed by atoms with Crippen LogP contribution in [0.1, 0.15) is 12.5 Å². The maximum absolute atomic E-state index is 13.2. The Morgan fingerprint density at radius 1 is 0.923 bits per heavy atom. The quantitative estimate of drug-likeness (QED) is 0.436. The molecular weight excluding hydrogens is 345 g/mol. The molecule has 0 aliphatic heterocycles. The monoisotopic (exact) mass is 363 g/mol. The van der Waals surface area contributed by atoms with Crippen LogP contribution in [-0.4, -0.2) is 14.8 Å². The minimum Gasteiger partial charge on any atom is -0.302 e. The van der Waals surface area contributed by atoms with E-state index in [2.05, 4.69) is 64.2 Å². The molecule has 3 aromatic carbocycles. The fourth-order valence-electron chi connectivity index (χ4n) is 3.05. The standard InChI is InChI=1S/C21H18FN3S/c1-2-25-20(16-10-12-18(22)13-11-16)23-24-21(25)26-14-17-8-5-7-15-6-3-4-9-19(15)17/h3-13H,2,14H2,1H3. The molecule has 0 saturated carbocycles. The van der Waals surface area contributed by atoms with Crippen molar-refractivity contribution in [3.63, 3.8) is 0 Å². The number of hydrogen-bond donors (Lipinski definition) is 0. The maximum atomic E-state index is 13.2. The van der Waals surface area contributed by atoms with Gasteiger partial charge in [-0.2, -0.15) is 0 Å². The first-order chi connectivity index (χ1) is 12.8. The summed E-state index contributed by atoms with van der Waals surface area (Å²) in [6, 6.07) is 21.2. The van der Waals surface area contributed by atoms with Gasteiger partial charge in [0, 0.05) is 17.9 Å². The molecule has 0 spiro atoms. The van der Waals surface area contributed by atoms with Gasteiger partial charge in [-0.25, -0.2) is 4.39 Å². The van der Waals surface area contributed by atoms with Crippen LogP contribution in [-0.2, 0) is 12.3 Å². The van der Waals surface area contributed by atoms with Gasteiger partial charge in [0.05, 0.1) is 0 Å². The van der Waals surface area contributed by atoms with Crippen molar-refractivity contribution in [3.8, 4) is 11.4 Å². The Balaban J connectivity index is 1.61. The molecule has 0 saturated heterocycles. The van der Waals surface area contributed by atoms with Crippen LogP contribution in [0.25, 0.3) is 22.2 Å². The summed E-state index contributed by atoms with van der Waals surface area (Å²) in [5, 5.41) is 12.1. The molecular formula is C21H18FN3S. The number of halogens is 1. The Kier molecular flexibility index (Phi) is 4.71. The SMILES string of the molecule is CCn1c(SCc2cccc3ccccc23)nnc1-c1ccc(F)cc1. The summed E-state index contributed by atoms with van der Waals surface area (Å²) in [6.07, 6.45) is 0. The van der Waals surface area contributed by atoms with Crippen molar-refractivity contribution in [2.24, 2.45) is 0 Å². The summed E-state index contributed by atoms with van der Waals surface area (Å²) in [5.41, 5.74) is 2.15. The van der Waals surface area contributed by atoms with Gasteiger partial charge in [-0.15, -0.1) is 10.2 Å². The van der Waals surface area contributed by atoms with Gasteiger partial charge in [-0.1, -0.05) is 54.2 Å². The van der Waals surface area contributed by atoms with Gasteiger partial charge in [0.25, 0.3) is 0 Å². The third-order valence-corrected chi connectivity index (χ3v) is 5.39. The summed E-state index contributed by atoms with van der Waals surface area (Å²) < 4.78 is 15.3. The molecule has 0 unspecified atom stereocenters. The number of rotatable bonds is 5. The van der Waals surface area contributed by atoms with E-state index < -0.39 is 0 Å². The zero-order valence-corrected chi connectivity index (χ0v) is 15.2. The lowest BCUT2D eigenvalue weighted by atomic mass is 10.1. The zero-order chi connectivity index (χ0) is 17.9. The third-order valence-electron chi connectivity index (χ3n) is 4.37. The molecule has 0 aliphatic rings. The molecule has 0 bridgehead atoms. The van der Waals surface area contributed by atoms with Crippen LogP contribution in [0.2, 0.25) is 0 Å². The van der Waals surface area contributed by atoms with Crippen LogP contribution in [0.4, 0.5) is 4.39 Å². The van der Waals surface area contributed by atoms with Crippen LogP contribution < -0.4 is 0 Å².